The molecule has 0 fully saturated rings. The molecule has 0 radical (unpaired) electrons. The van der Waals surface area contributed by atoms with Gasteiger partial charge in [0.1, 0.15) is 5.82 Å². The second-order valence-electron chi connectivity index (χ2n) is 2.33. The zero-order valence-corrected chi connectivity index (χ0v) is 7.18. The largest absolute Gasteiger partial charge is 0.398 e. The predicted octanol–water partition coefficient (Wildman–Crippen LogP) is 2.66. The zero-order valence-electron chi connectivity index (χ0n) is 6.43. The maximum Gasteiger partial charge on any atom is 0.125 e. The Morgan fingerprint density at radius 3 is 2.83 bits per heavy atom. The maximum absolute atomic E-state index is 12.5. The second kappa shape index (κ2) is 4.12. The van der Waals surface area contributed by atoms with Crippen LogP contribution in [0.2, 0.25) is 0 Å². The number of alkyl halides is 1. The third-order valence-corrected chi connectivity index (χ3v) is 1.61. The van der Waals surface area contributed by atoms with Crippen LogP contribution in [0.1, 0.15) is 5.56 Å². The van der Waals surface area contributed by atoms with Gasteiger partial charge in [0.05, 0.1) is 0 Å². The van der Waals surface area contributed by atoms with Crippen LogP contribution in [0.5, 0.6) is 0 Å². The van der Waals surface area contributed by atoms with Crippen LogP contribution < -0.4 is 5.73 Å². The van der Waals surface area contributed by atoms with Gasteiger partial charge >= 0.3 is 0 Å². The number of halogens is 2. The van der Waals surface area contributed by atoms with Crippen molar-refractivity contribution in [3.05, 3.63) is 35.7 Å². The summed E-state index contributed by atoms with van der Waals surface area (Å²) in [6.45, 7) is 0. The van der Waals surface area contributed by atoms with Crippen molar-refractivity contribution in [3.8, 4) is 0 Å². The molecule has 12 heavy (non-hydrogen) atoms. The van der Waals surface area contributed by atoms with Gasteiger partial charge in [0.25, 0.3) is 0 Å². The molecule has 0 aliphatic carbocycles. The van der Waals surface area contributed by atoms with Gasteiger partial charge in [0.2, 0.25) is 0 Å². The first-order valence-electron chi connectivity index (χ1n) is 3.51. The van der Waals surface area contributed by atoms with E-state index in [4.69, 9.17) is 17.3 Å². The first-order valence-corrected chi connectivity index (χ1v) is 4.05. The molecule has 0 atom stereocenters. The molecule has 1 aromatic rings. The van der Waals surface area contributed by atoms with Crippen LogP contribution in [0.4, 0.5) is 10.1 Å². The van der Waals surface area contributed by atoms with Gasteiger partial charge in [-0.3, -0.25) is 0 Å². The number of rotatable bonds is 2. The van der Waals surface area contributed by atoms with Gasteiger partial charge in [-0.1, -0.05) is 18.2 Å². The Labute approximate surface area is 75.6 Å². The van der Waals surface area contributed by atoms with E-state index in [9.17, 15) is 4.39 Å². The van der Waals surface area contributed by atoms with Crippen LogP contribution in [0.3, 0.4) is 0 Å². The summed E-state index contributed by atoms with van der Waals surface area (Å²) in [5.41, 5.74) is 6.74. The summed E-state index contributed by atoms with van der Waals surface area (Å²) in [6.07, 6.45) is 3.52. The zero-order chi connectivity index (χ0) is 8.97. The minimum absolute atomic E-state index is 0.324. The lowest BCUT2D eigenvalue weighted by atomic mass is 10.1. The Hall–Kier alpha value is -1.02. The average molecular weight is 186 g/mol. The average Bonchev–Trinajstić information content (AvgIpc) is 2.03. The highest BCUT2D eigenvalue weighted by Gasteiger charge is 1.95. The molecule has 64 valence electrons. The van der Waals surface area contributed by atoms with Crippen molar-refractivity contribution >= 4 is 23.4 Å². The Morgan fingerprint density at radius 1 is 1.50 bits per heavy atom. The van der Waals surface area contributed by atoms with Crippen molar-refractivity contribution < 1.29 is 4.39 Å². The minimum atomic E-state index is -0.324. The standard InChI is InChI=1S/C9H9ClFN/c10-5-1-2-7-3-4-8(11)6-9(7)12/h1-4,6H,5,12H2. The fourth-order valence-electron chi connectivity index (χ4n) is 0.869. The Kier molecular flexibility index (Phi) is 3.11. The lowest BCUT2D eigenvalue weighted by Gasteiger charge is -1.98. The fourth-order valence-corrected chi connectivity index (χ4v) is 0.958. The topological polar surface area (TPSA) is 26.0 Å². The molecular formula is C9H9ClFN. The number of hydrogen-bond donors (Lipinski definition) is 1. The smallest absolute Gasteiger partial charge is 0.125 e. The summed E-state index contributed by atoms with van der Waals surface area (Å²) in [6, 6.07) is 4.27. The monoisotopic (exact) mass is 185 g/mol. The molecule has 0 aliphatic rings. The van der Waals surface area contributed by atoms with Crippen LogP contribution in [0.15, 0.2) is 24.3 Å². The van der Waals surface area contributed by atoms with E-state index in [1.54, 1.807) is 18.2 Å². The summed E-state index contributed by atoms with van der Waals surface area (Å²) >= 11 is 5.43. The molecule has 1 rings (SSSR count). The SMILES string of the molecule is Nc1cc(F)ccc1C=CCCl. The summed E-state index contributed by atoms with van der Waals surface area (Å²) in [7, 11) is 0. The predicted molar refractivity (Wildman–Crippen MR) is 50.6 cm³/mol. The van der Waals surface area contributed by atoms with E-state index in [0.29, 0.717) is 11.6 Å². The molecule has 0 unspecified atom stereocenters. The molecule has 0 heterocycles. The van der Waals surface area contributed by atoms with Gasteiger partial charge in [-0.2, -0.15) is 0 Å². The van der Waals surface area contributed by atoms with E-state index < -0.39 is 0 Å². The number of nitrogen functional groups attached to an aromatic ring is 1. The third kappa shape index (κ3) is 2.24. The van der Waals surface area contributed by atoms with Gasteiger partial charge in [0.15, 0.2) is 0 Å². The van der Waals surface area contributed by atoms with Gasteiger partial charge in [-0.05, 0) is 17.7 Å². The summed E-state index contributed by atoms with van der Waals surface area (Å²) in [5.74, 6) is 0.104. The minimum Gasteiger partial charge on any atom is -0.398 e. The molecule has 0 spiro atoms. The molecule has 1 nitrogen and oxygen atoms in total. The van der Waals surface area contributed by atoms with E-state index in [-0.39, 0.29) is 5.82 Å². The summed E-state index contributed by atoms with van der Waals surface area (Å²) < 4.78 is 12.5. The lowest BCUT2D eigenvalue weighted by molar-refractivity contribution is 0.628. The first kappa shape index (κ1) is 9.07. The van der Waals surface area contributed by atoms with E-state index in [1.165, 1.54) is 12.1 Å². The van der Waals surface area contributed by atoms with Crippen molar-refractivity contribution in [3.63, 3.8) is 0 Å². The van der Waals surface area contributed by atoms with Crippen LogP contribution in [0.25, 0.3) is 6.08 Å². The number of anilines is 1. The summed E-state index contributed by atoms with van der Waals surface area (Å²) in [4.78, 5) is 0. The quantitative estimate of drug-likeness (QED) is 0.557. The lowest BCUT2D eigenvalue weighted by Crippen LogP contribution is -1.89. The van der Waals surface area contributed by atoms with Crippen LogP contribution in [-0.2, 0) is 0 Å². The molecule has 2 N–H and O–H groups in total. The Morgan fingerprint density at radius 2 is 2.25 bits per heavy atom. The van der Waals surface area contributed by atoms with E-state index in [1.807, 2.05) is 0 Å². The van der Waals surface area contributed by atoms with Crippen molar-refractivity contribution in [1.82, 2.24) is 0 Å². The molecule has 0 bridgehead atoms. The number of allylic oxidation sites excluding steroid dienone is 1. The normalized spacial score (nSPS) is 10.8. The molecule has 3 heteroatoms. The van der Waals surface area contributed by atoms with Gasteiger partial charge < -0.3 is 5.73 Å². The highest BCUT2D eigenvalue weighted by Crippen LogP contribution is 2.14. The van der Waals surface area contributed by atoms with Crippen LogP contribution >= 0.6 is 11.6 Å². The highest BCUT2D eigenvalue weighted by molar-refractivity contribution is 6.19. The molecule has 0 saturated heterocycles. The fraction of sp³-hybridized carbons (Fsp3) is 0.111. The van der Waals surface area contributed by atoms with Crippen LogP contribution in [0, 0.1) is 5.82 Å². The Bertz CT molecular complexity index is 297. The third-order valence-electron chi connectivity index (χ3n) is 1.44. The first-order chi connectivity index (χ1) is 5.74. The van der Waals surface area contributed by atoms with Gasteiger partial charge in [-0.15, -0.1) is 11.6 Å². The number of benzene rings is 1. The molecule has 0 aromatic heterocycles. The van der Waals surface area contributed by atoms with Gasteiger partial charge in [0, 0.05) is 11.6 Å². The van der Waals surface area contributed by atoms with Crippen molar-refractivity contribution in [2.45, 2.75) is 0 Å². The second-order valence-corrected chi connectivity index (χ2v) is 2.64. The maximum atomic E-state index is 12.5. The van der Waals surface area contributed by atoms with Gasteiger partial charge in [-0.25, -0.2) is 4.39 Å². The molecule has 0 saturated carbocycles. The summed E-state index contributed by atoms with van der Waals surface area (Å²) in [5, 5.41) is 0. The number of hydrogen-bond acceptors (Lipinski definition) is 1. The van der Waals surface area contributed by atoms with Crippen molar-refractivity contribution in [2.24, 2.45) is 0 Å². The van der Waals surface area contributed by atoms with E-state index in [2.05, 4.69) is 0 Å². The van der Waals surface area contributed by atoms with Crippen LogP contribution in [-0.4, -0.2) is 5.88 Å². The molecular weight excluding hydrogens is 177 g/mol. The van der Waals surface area contributed by atoms with Crippen molar-refractivity contribution in [2.75, 3.05) is 11.6 Å². The van der Waals surface area contributed by atoms with Crippen molar-refractivity contribution in [1.29, 1.82) is 0 Å². The molecule has 0 aliphatic heterocycles. The Balaban J connectivity index is 2.94. The van der Waals surface area contributed by atoms with E-state index in [0.717, 1.165) is 5.56 Å². The van der Waals surface area contributed by atoms with E-state index >= 15 is 0 Å². The molecule has 1 aromatic carbocycles. The highest BCUT2D eigenvalue weighted by atomic mass is 35.5. The number of nitrogens with two attached hydrogens (primary N) is 1. The molecule has 0 amide bonds.